The molecule has 0 radical (unpaired) electrons. The summed E-state index contributed by atoms with van der Waals surface area (Å²) in [6.45, 7) is 1.56. The fraction of sp³-hybridized carbons (Fsp3) is 0.650. The molecule has 1 aromatic heterocycles. The highest BCUT2D eigenvalue weighted by molar-refractivity contribution is 5.97. The summed E-state index contributed by atoms with van der Waals surface area (Å²) < 4.78 is 16.1. The third-order valence-corrected chi connectivity index (χ3v) is 7.58. The van der Waals surface area contributed by atoms with Crippen LogP contribution in [-0.4, -0.2) is 35.0 Å². The van der Waals surface area contributed by atoms with E-state index in [4.69, 9.17) is 13.9 Å². The van der Waals surface area contributed by atoms with Gasteiger partial charge in [0.1, 0.15) is 23.9 Å². The number of aliphatic hydroxyl groups is 1. The van der Waals surface area contributed by atoms with Crippen molar-refractivity contribution in [1.29, 1.82) is 0 Å². The maximum atomic E-state index is 13.3. The number of ether oxygens (including phenoxy) is 2. The number of hydrogen-bond acceptors (Lipinski definition) is 7. The zero-order valence-corrected chi connectivity index (χ0v) is 15.1. The first kappa shape index (κ1) is 17.0. The van der Waals surface area contributed by atoms with Gasteiger partial charge in [0.25, 0.3) is 0 Å². The Bertz CT molecular complexity index is 825. The number of esters is 2. The summed E-state index contributed by atoms with van der Waals surface area (Å²) >= 11 is 0. The Morgan fingerprint density at radius 1 is 1.22 bits per heavy atom. The van der Waals surface area contributed by atoms with Crippen molar-refractivity contribution >= 4 is 17.7 Å². The molecule has 1 N–H and O–H groups in total. The van der Waals surface area contributed by atoms with E-state index in [1.807, 2.05) is 0 Å². The topological polar surface area (TPSA) is 103 Å². The van der Waals surface area contributed by atoms with Crippen LogP contribution < -0.4 is 0 Å². The van der Waals surface area contributed by atoms with E-state index in [-0.39, 0.29) is 31.2 Å². The number of fused-ring (bicyclic) bond motifs is 1. The quantitative estimate of drug-likeness (QED) is 0.749. The van der Waals surface area contributed by atoms with Crippen molar-refractivity contribution < 1.29 is 33.4 Å². The maximum absolute atomic E-state index is 13.3. The lowest BCUT2D eigenvalue weighted by Crippen LogP contribution is -2.68. The molecule has 7 nitrogen and oxygen atoms in total. The summed E-state index contributed by atoms with van der Waals surface area (Å²) in [5.41, 5.74) is -3.08. The molecule has 2 aliphatic carbocycles. The Labute approximate surface area is 156 Å². The normalized spacial score (nSPS) is 46.1. The van der Waals surface area contributed by atoms with Gasteiger partial charge in [-0.1, -0.05) is 6.42 Å². The predicted molar refractivity (Wildman–Crippen MR) is 89.1 cm³/mol. The van der Waals surface area contributed by atoms with Crippen LogP contribution >= 0.6 is 0 Å². The molecule has 27 heavy (non-hydrogen) atoms. The molecule has 7 heteroatoms. The van der Waals surface area contributed by atoms with Gasteiger partial charge in [0.2, 0.25) is 0 Å². The van der Waals surface area contributed by atoms with Crippen molar-refractivity contribution in [3.05, 3.63) is 24.2 Å². The summed E-state index contributed by atoms with van der Waals surface area (Å²) in [6.07, 6.45) is 4.47. The number of furan rings is 1. The first-order valence-corrected chi connectivity index (χ1v) is 9.48. The molecule has 2 saturated carbocycles. The highest BCUT2D eigenvalue weighted by Crippen LogP contribution is 2.68. The van der Waals surface area contributed by atoms with Crippen molar-refractivity contribution in [1.82, 2.24) is 0 Å². The zero-order chi connectivity index (χ0) is 19.0. The van der Waals surface area contributed by atoms with Crippen LogP contribution in [0.2, 0.25) is 0 Å². The molecule has 5 rings (SSSR count). The second-order valence-corrected chi connectivity index (χ2v) is 8.68. The third-order valence-electron chi connectivity index (χ3n) is 7.58. The standard InChI is InChI=1S/C20H22O7/c1-18(24)8-15(21)19-10-26-16(22)12(19)3-2-4-14(19)20(18)7-13(27-17(20)23)11-5-6-25-9-11/h5-6,9,12-14,24H,2-4,7-8,10H2,1H3/t12-,13-,14-,18-,19-,20+/m0/s1. The summed E-state index contributed by atoms with van der Waals surface area (Å²) in [6, 6.07) is 1.74. The van der Waals surface area contributed by atoms with Crippen molar-refractivity contribution in [2.75, 3.05) is 6.61 Å². The van der Waals surface area contributed by atoms with Crippen LogP contribution in [0.5, 0.6) is 0 Å². The van der Waals surface area contributed by atoms with Crippen LogP contribution in [-0.2, 0) is 23.9 Å². The van der Waals surface area contributed by atoms with E-state index in [1.165, 1.54) is 12.5 Å². The van der Waals surface area contributed by atoms with E-state index in [0.717, 1.165) is 5.56 Å². The minimum Gasteiger partial charge on any atom is -0.472 e. The lowest BCUT2D eigenvalue weighted by atomic mass is 9.42. The predicted octanol–water partition coefficient (Wildman–Crippen LogP) is 1.94. The lowest BCUT2D eigenvalue weighted by molar-refractivity contribution is -0.203. The molecule has 0 bridgehead atoms. The molecular formula is C20H22O7. The van der Waals surface area contributed by atoms with Crippen molar-refractivity contribution in [3.63, 3.8) is 0 Å². The number of carbonyl (C=O) groups is 3. The van der Waals surface area contributed by atoms with Gasteiger partial charge in [-0.25, -0.2) is 0 Å². The van der Waals surface area contributed by atoms with E-state index < -0.39 is 40.3 Å². The second-order valence-electron chi connectivity index (χ2n) is 8.68. The van der Waals surface area contributed by atoms with Crippen LogP contribution in [0, 0.1) is 22.7 Å². The van der Waals surface area contributed by atoms with E-state index in [2.05, 4.69) is 0 Å². The van der Waals surface area contributed by atoms with Gasteiger partial charge in [-0.15, -0.1) is 0 Å². The number of Topliss-reactive ketones (excluding diaryl/α,β-unsaturated/α-hetero) is 1. The number of cyclic esters (lactones) is 2. The molecule has 144 valence electrons. The van der Waals surface area contributed by atoms with Crippen molar-refractivity contribution in [2.45, 2.75) is 50.7 Å². The molecule has 1 aromatic rings. The molecule has 3 heterocycles. The highest BCUT2D eigenvalue weighted by atomic mass is 16.6. The average molecular weight is 374 g/mol. The van der Waals surface area contributed by atoms with Gasteiger partial charge in [-0.2, -0.15) is 0 Å². The molecule has 0 aromatic carbocycles. The summed E-state index contributed by atoms with van der Waals surface area (Å²) in [5.74, 6) is -2.02. The second kappa shape index (κ2) is 5.22. The number of rotatable bonds is 1. The first-order chi connectivity index (χ1) is 12.8. The van der Waals surface area contributed by atoms with Gasteiger partial charge in [0.05, 0.1) is 29.5 Å². The molecule has 0 unspecified atom stereocenters. The number of hydrogen-bond donors (Lipinski definition) is 1. The van der Waals surface area contributed by atoms with Crippen molar-refractivity contribution in [3.8, 4) is 0 Å². The third kappa shape index (κ3) is 1.88. The smallest absolute Gasteiger partial charge is 0.316 e. The Hall–Kier alpha value is -2.15. The maximum Gasteiger partial charge on any atom is 0.316 e. The van der Waals surface area contributed by atoms with Crippen LogP contribution in [0.1, 0.15) is 50.7 Å². The van der Waals surface area contributed by atoms with Gasteiger partial charge in [-0.05, 0) is 31.7 Å². The molecular weight excluding hydrogens is 352 g/mol. The molecule has 0 amide bonds. The van der Waals surface area contributed by atoms with E-state index in [0.29, 0.717) is 19.3 Å². The average Bonchev–Trinajstić information content (AvgIpc) is 3.32. The SMILES string of the molecule is C[C@]1(O)CC(=O)[C@@]23COC(=O)[C@@H]2CCC[C@@H]3[C@@]12C[C@@H](c1ccoc1)OC2=O. The lowest BCUT2D eigenvalue weighted by Gasteiger charge is -2.57. The fourth-order valence-corrected chi connectivity index (χ4v) is 6.29. The van der Waals surface area contributed by atoms with E-state index >= 15 is 0 Å². The summed E-state index contributed by atoms with van der Waals surface area (Å²) in [5, 5.41) is 11.3. The van der Waals surface area contributed by atoms with Crippen LogP contribution in [0.4, 0.5) is 0 Å². The zero-order valence-electron chi connectivity index (χ0n) is 15.1. The van der Waals surface area contributed by atoms with Gasteiger partial charge >= 0.3 is 11.9 Å². The highest BCUT2D eigenvalue weighted by Gasteiger charge is 2.77. The molecule has 4 aliphatic rings. The molecule has 2 saturated heterocycles. The summed E-state index contributed by atoms with van der Waals surface area (Å²) in [4.78, 5) is 38.8. The number of ketones is 1. The van der Waals surface area contributed by atoms with E-state index in [9.17, 15) is 19.5 Å². The van der Waals surface area contributed by atoms with Crippen LogP contribution in [0.25, 0.3) is 0 Å². The monoisotopic (exact) mass is 374 g/mol. The van der Waals surface area contributed by atoms with Gasteiger partial charge in [0.15, 0.2) is 0 Å². The van der Waals surface area contributed by atoms with Crippen LogP contribution in [0.3, 0.4) is 0 Å². The van der Waals surface area contributed by atoms with E-state index in [1.54, 1.807) is 13.0 Å². The Morgan fingerprint density at radius 3 is 2.78 bits per heavy atom. The van der Waals surface area contributed by atoms with Gasteiger partial charge in [0, 0.05) is 18.4 Å². The minimum absolute atomic E-state index is 0.00148. The Kier molecular flexibility index (Phi) is 3.28. The Balaban J connectivity index is 1.65. The van der Waals surface area contributed by atoms with Crippen LogP contribution in [0.15, 0.2) is 23.0 Å². The number of carbonyl (C=O) groups excluding carboxylic acids is 3. The molecule has 2 spiro atoms. The molecule has 2 aliphatic heterocycles. The fourth-order valence-electron chi connectivity index (χ4n) is 6.29. The molecule has 6 atom stereocenters. The minimum atomic E-state index is -1.54. The van der Waals surface area contributed by atoms with Crippen molar-refractivity contribution in [2.24, 2.45) is 22.7 Å². The first-order valence-electron chi connectivity index (χ1n) is 9.48. The molecule has 4 fully saturated rings. The Morgan fingerprint density at radius 2 is 2.04 bits per heavy atom. The van der Waals surface area contributed by atoms with Gasteiger partial charge in [-0.3, -0.25) is 14.4 Å². The summed E-state index contributed by atoms with van der Waals surface area (Å²) in [7, 11) is 0. The van der Waals surface area contributed by atoms with Gasteiger partial charge < -0.3 is 19.0 Å². The largest absolute Gasteiger partial charge is 0.472 e.